The van der Waals surface area contributed by atoms with E-state index in [0.29, 0.717) is 0 Å². The first kappa shape index (κ1) is 20.3. The van der Waals surface area contributed by atoms with Gasteiger partial charge in [-0.25, -0.2) is 0 Å². The normalized spacial score (nSPS) is 18.8. The number of halogens is 4. The van der Waals surface area contributed by atoms with Crippen molar-refractivity contribution in [2.45, 2.75) is 25.1 Å². The van der Waals surface area contributed by atoms with Gasteiger partial charge in [0.25, 0.3) is 0 Å². The number of aliphatic carboxylic acids is 1. The highest BCUT2D eigenvalue weighted by Gasteiger charge is 2.39. The largest absolute Gasteiger partial charge is 0.490 e. The fourth-order valence-electron chi connectivity index (χ4n) is 3.34. The van der Waals surface area contributed by atoms with E-state index in [0.717, 1.165) is 12.1 Å². The first-order valence-corrected chi connectivity index (χ1v) is 9.34. The minimum atomic E-state index is -4.67. The van der Waals surface area contributed by atoms with E-state index in [4.69, 9.17) is 25.9 Å². The van der Waals surface area contributed by atoms with Gasteiger partial charge < -0.3 is 14.3 Å². The summed E-state index contributed by atoms with van der Waals surface area (Å²) < 4.78 is 51.4. The summed E-state index contributed by atoms with van der Waals surface area (Å²) in [7, 11) is 0. The molecule has 0 atom stereocenters. The number of alkyl halides is 3. The zero-order chi connectivity index (χ0) is 21.6. The van der Waals surface area contributed by atoms with Crippen LogP contribution in [-0.4, -0.2) is 17.2 Å². The Morgan fingerprint density at radius 1 is 1.17 bits per heavy atom. The van der Waals surface area contributed by atoms with Crippen LogP contribution >= 0.6 is 11.6 Å². The van der Waals surface area contributed by atoms with Crippen molar-refractivity contribution < 1.29 is 32.2 Å². The molecule has 1 N–H and O–H groups in total. The van der Waals surface area contributed by atoms with E-state index in [1.807, 2.05) is 0 Å². The molecular weight excluding hydrogens is 425 g/mol. The third kappa shape index (κ3) is 3.75. The minimum Gasteiger partial charge on any atom is -0.490 e. The SMILES string of the molecule is O=c1cc(-c2ccc(C(F)(F)F)c(O[C@H]3C[C@@H](C(=O)O)C3)c2)oc2c(Cl)cccc12. The Bertz CT molecular complexity index is 1200. The van der Waals surface area contributed by atoms with Crippen LogP contribution < -0.4 is 10.2 Å². The molecule has 5 nitrogen and oxygen atoms in total. The van der Waals surface area contributed by atoms with Crippen LogP contribution in [0, 0.1) is 5.92 Å². The molecule has 4 rings (SSSR count). The summed E-state index contributed by atoms with van der Waals surface area (Å²) in [6.45, 7) is 0. The molecule has 0 radical (unpaired) electrons. The Labute approximate surface area is 172 Å². The third-order valence-electron chi connectivity index (χ3n) is 5.02. The average molecular weight is 439 g/mol. The van der Waals surface area contributed by atoms with Gasteiger partial charge in [-0.1, -0.05) is 23.7 Å². The fourth-order valence-corrected chi connectivity index (χ4v) is 3.55. The van der Waals surface area contributed by atoms with Crippen LogP contribution in [0.4, 0.5) is 13.2 Å². The van der Waals surface area contributed by atoms with Gasteiger partial charge in [0.05, 0.1) is 21.9 Å². The molecule has 2 aromatic carbocycles. The Hall–Kier alpha value is -3.00. The first-order chi connectivity index (χ1) is 14.1. The lowest BCUT2D eigenvalue weighted by molar-refractivity contribution is -0.149. The van der Waals surface area contributed by atoms with Crippen molar-refractivity contribution in [3.05, 3.63) is 63.3 Å². The second-order valence-electron chi connectivity index (χ2n) is 7.05. The second kappa shape index (κ2) is 7.36. The molecule has 0 unspecified atom stereocenters. The Balaban J connectivity index is 1.75. The fraction of sp³-hybridized carbons (Fsp3) is 0.238. The molecule has 0 saturated heterocycles. The standard InChI is InChI=1S/C21H14ClF3O5/c22-15-3-1-2-13-16(26)9-17(30-19(13)15)10-4-5-14(21(23,24)25)18(8-10)29-12-6-11(7-12)20(27)28/h1-5,8-9,11-12H,6-7H2,(H,27,28)/t11-,12+. The van der Waals surface area contributed by atoms with Crippen molar-refractivity contribution in [3.8, 4) is 17.1 Å². The van der Waals surface area contributed by atoms with Crippen molar-refractivity contribution >= 4 is 28.5 Å². The molecule has 0 spiro atoms. The Morgan fingerprint density at radius 3 is 2.57 bits per heavy atom. The number of rotatable bonds is 4. The highest BCUT2D eigenvalue weighted by Crippen LogP contribution is 2.41. The van der Waals surface area contributed by atoms with E-state index >= 15 is 0 Å². The summed E-state index contributed by atoms with van der Waals surface area (Å²) in [5.74, 6) is -2.05. The summed E-state index contributed by atoms with van der Waals surface area (Å²) in [4.78, 5) is 23.3. The molecule has 1 aliphatic rings. The van der Waals surface area contributed by atoms with E-state index in [2.05, 4.69) is 0 Å². The van der Waals surface area contributed by atoms with Gasteiger partial charge in [-0.3, -0.25) is 9.59 Å². The van der Waals surface area contributed by atoms with E-state index < -0.39 is 35.5 Å². The average Bonchev–Trinajstić information content (AvgIpc) is 2.63. The van der Waals surface area contributed by atoms with Crippen LogP contribution in [0.2, 0.25) is 5.02 Å². The molecule has 9 heteroatoms. The van der Waals surface area contributed by atoms with Crippen LogP contribution in [0.5, 0.6) is 5.75 Å². The first-order valence-electron chi connectivity index (χ1n) is 8.97. The quantitative estimate of drug-likeness (QED) is 0.592. The zero-order valence-electron chi connectivity index (χ0n) is 15.2. The van der Waals surface area contributed by atoms with Gasteiger partial charge in [-0.2, -0.15) is 13.2 Å². The van der Waals surface area contributed by atoms with Crippen LogP contribution in [-0.2, 0) is 11.0 Å². The maximum Gasteiger partial charge on any atom is 0.419 e. The highest BCUT2D eigenvalue weighted by atomic mass is 35.5. The molecule has 0 aliphatic heterocycles. The molecule has 1 aliphatic carbocycles. The zero-order valence-corrected chi connectivity index (χ0v) is 16.0. The summed E-state index contributed by atoms with van der Waals surface area (Å²) in [5.41, 5.74) is -1.05. The van der Waals surface area contributed by atoms with Crippen molar-refractivity contribution in [2.24, 2.45) is 5.92 Å². The van der Waals surface area contributed by atoms with E-state index in [1.165, 1.54) is 24.3 Å². The topological polar surface area (TPSA) is 76.7 Å². The van der Waals surface area contributed by atoms with Crippen LogP contribution in [0.1, 0.15) is 18.4 Å². The van der Waals surface area contributed by atoms with Crippen LogP contribution in [0.3, 0.4) is 0 Å². The van der Waals surface area contributed by atoms with Gasteiger partial charge >= 0.3 is 12.1 Å². The highest BCUT2D eigenvalue weighted by molar-refractivity contribution is 6.34. The lowest BCUT2D eigenvalue weighted by Crippen LogP contribution is -2.38. The predicted octanol–water partition coefficient (Wildman–Crippen LogP) is 5.37. The monoisotopic (exact) mass is 438 g/mol. The number of hydrogen-bond acceptors (Lipinski definition) is 4. The predicted molar refractivity (Wildman–Crippen MR) is 103 cm³/mol. The smallest absolute Gasteiger partial charge is 0.419 e. The summed E-state index contributed by atoms with van der Waals surface area (Å²) in [5, 5.41) is 9.39. The number of benzene rings is 2. The maximum absolute atomic E-state index is 13.4. The minimum absolute atomic E-state index is 0.0381. The molecule has 1 aromatic heterocycles. The lowest BCUT2D eigenvalue weighted by Gasteiger charge is -2.33. The van der Waals surface area contributed by atoms with Crippen LogP contribution in [0.25, 0.3) is 22.3 Å². The summed E-state index contributed by atoms with van der Waals surface area (Å²) >= 11 is 6.09. The number of hydrogen-bond donors (Lipinski definition) is 1. The molecule has 1 saturated carbocycles. The Kier molecular flexibility index (Phi) is 4.97. The van der Waals surface area contributed by atoms with E-state index in [1.54, 1.807) is 6.07 Å². The van der Waals surface area contributed by atoms with Crippen molar-refractivity contribution in [1.82, 2.24) is 0 Å². The molecule has 3 aromatic rings. The van der Waals surface area contributed by atoms with Gasteiger partial charge in [0.2, 0.25) is 0 Å². The number of fused-ring (bicyclic) bond motifs is 1. The van der Waals surface area contributed by atoms with Gasteiger partial charge in [0.15, 0.2) is 11.0 Å². The van der Waals surface area contributed by atoms with E-state index in [-0.39, 0.29) is 45.6 Å². The van der Waals surface area contributed by atoms with Gasteiger partial charge in [-0.15, -0.1) is 0 Å². The lowest BCUT2D eigenvalue weighted by atomic mass is 9.82. The van der Waals surface area contributed by atoms with Gasteiger partial charge in [0.1, 0.15) is 17.6 Å². The second-order valence-corrected chi connectivity index (χ2v) is 7.45. The molecule has 0 bridgehead atoms. The van der Waals surface area contributed by atoms with Crippen molar-refractivity contribution in [2.75, 3.05) is 0 Å². The molecule has 1 fully saturated rings. The van der Waals surface area contributed by atoms with E-state index in [9.17, 15) is 22.8 Å². The van der Waals surface area contributed by atoms with Gasteiger partial charge in [0, 0.05) is 11.6 Å². The number of carbonyl (C=O) groups is 1. The van der Waals surface area contributed by atoms with Crippen molar-refractivity contribution in [3.63, 3.8) is 0 Å². The maximum atomic E-state index is 13.4. The third-order valence-corrected chi connectivity index (χ3v) is 5.31. The van der Waals surface area contributed by atoms with Gasteiger partial charge in [-0.05, 0) is 37.1 Å². The number of para-hydroxylation sites is 1. The van der Waals surface area contributed by atoms with Crippen LogP contribution in [0.15, 0.2) is 51.7 Å². The molecule has 1 heterocycles. The molecular formula is C21H14ClF3O5. The molecule has 156 valence electrons. The number of carboxylic acid groups (broad SMARTS) is 1. The molecule has 30 heavy (non-hydrogen) atoms. The number of ether oxygens (including phenoxy) is 1. The van der Waals surface area contributed by atoms with Crippen molar-refractivity contribution in [1.29, 1.82) is 0 Å². The summed E-state index contributed by atoms with van der Waals surface area (Å²) in [6, 6.07) is 8.99. The summed E-state index contributed by atoms with van der Waals surface area (Å²) in [6.07, 6.45) is -5.06. The molecule has 0 amide bonds. The number of carboxylic acids is 1. The Morgan fingerprint density at radius 2 is 1.90 bits per heavy atom.